The summed E-state index contributed by atoms with van der Waals surface area (Å²) >= 11 is 3.40. The van der Waals surface area contributed by atoms with Crippen LogP contribution in [0.3, 0.4) is 0 Å². The summed E-state index contributed by atoms with van der Waals surface area (Å²) in [5.74, 6) is 0.835. The first-order valence-electron chi connectivity index (χ1n) is 5.90. The van der Waals surface area contributed by atoms with Gasteiger partial charge in [0.2, 0.25) is 0 Å². The summed E-state index contributed by atoms with van der Waals surface area (Å²) in [4.78, 5) is 0. The van der Waals surface area contributed by atoms with E-state index in [1.165, 1.54) is 0 Å². The second-order valence-electron chi connectivity index (χ2n) is 3.93. The summed E-state index contributed by atoms with van der Waals surface area (Å²) in [5, 5.41) is 12.0. The Morgan fingerprint density at radius 1 is 1.16 bits per heavy atom. The summed E-state index contributed by atoms with van der Waals surface area (Å²) in [7, 11) is 0. The minimum Gasteiger partial charge on any atom is -0.492 e. The highest BCUT2D eigenvalue weighted by Gasteiger charge is 1.96. The van der Waals surface area contributed by atoms with Crippen LogP contribution in [0, 0.1) is 11.3 Å². The minimum absolute atomic E-state index is 0.563. The van der Waals surface area contributed by atoms with Crippen molar-refractivity contribution in [2.24, 2.45) is 0 Å². The Hall–Kier alpha value is -1.99. The van der Waals surface area contributed by atoms with Gasteiger partial charge < -0.3 is 10.1 Å². The molecule has 0 bridgehead atoms. The number of ether oxygens (including phenoxy) is 1. The van der Waals surface area contributed by atoms with Gasteiger partial charge in [0.05, 0.1) is 11.6 Å². The van der Waals surface area contributed by atoms with Crippen LogP contribution < -0.4 is 10.1 Å². The first kappa shape index (κ1) is 13.4. The molecule has 0 radical (unpaired) electrons. The molecule has 0 spiro atoms. The molecule has 1 N–H and O–H groups in total. The lowest BCUT2D eigenvalue weighted by molar-refractivity contribution is 0.332. The second kappa shape index (κ2) is 6.81. The Labute approximate surface area is 121 Å². The highest BCUT2D eigenvalue weighted by Crippen LogP contribution is 2.17. The summed E-state index contributed by atoms with van der Waals surface area (Å²) in [6, 6.07) is 17.2. The standard InChI is InChI=1S/C15H13BrN2O/c16-13-4-2-6-15(10-13)19-8-7-18-14-5-1-3-12(9-14)11-17/h1-6,9-10,18H,7-8H2. The van der Waals surface area contributed by atoms with Crippen LogP contribution in [0.1, 0.15) is 5.56 Å². The van der Waals surface area contributed by atoms with Crippen molar-refractivity contribution in [3.05, 3.63) is 58.6 Å². The van der Waals surface area contributed by atoms with Crippen molar-refractivity contribution in [1.29, 1.82) is 5.26 Å². The topological polar surface area (TPSA) is 45.0 Å². The van der Waals surface area contributed by atoms with Crippen molar-refractivity contribution >= 4 is 21.6 Å². The summed E-state index contributed by atoms with van der Waals surface area (Å²) in [6.45, 7) is 1.24. The van der Waals surface area contributed by atoms with Gasteiger partial charge in [0.25, 0.3) is 0 Å². The Morgan fingerprint density at radius 2 is 2.00 bits per heavy atom. The molecule has 0 fully saturated rings. The van der Waals surface area contributed by atoms with Crippen molar-refractivity contribution in [3.8, 4) is 11.8 Å². The van der Waals surface area contributed by atoms with Crippen LogP contribution in [0.5, 0.6) is 5.75 Å². The van der Waals surface area contributed by atoms with E-state index < -0.39 is 0 Å². The molecule has 0 aliphatic rings. The zero-order valence-electron chi connectivity index (χ0n) is 10.3. The molecule has 0 saturated heterocycles. The highest BCUT2D eigenvalue weighted by atomic mass is 79.9. The van der Waals surface area contributed by atoms with Gasteiger partial charge in [-0.15, -0.1) is 0 Å². The van der Waals surface area contributed by atoms with Crippen molar-refractivity contribution in [3.63, 3.8) is 0 Å². The van der Waals surface area contributed by atoms with Gasteiger partial charge in [-0.1, -0.05) is 28.1 Å². The van der Waals surface area contributed by atoms with E-state index in [1.807, 2.05) is 42.5 Å². The SMILES string of the molecule is N#Cc1cccc(NCCOc2cccc(Br)c2)c1. The highest BCUT2D eigenvalue weighted by molar-refractivity contribution is 9.10. The molecule has 4 heteroatoms. The number of hydrogen-bond donors (Lipinski definition) is 1. The molecule has 0 saturated carbocycles. The Kier molecular flexibility index (Phi) is 4.82. The third-order valence-corrected chi connectivity index (χ3v) is 2.98. The average molecular weight is 317 g/mol. The molecule has 0 aliphatic carbocycles. The number of nitrogens with zero attached hydrogens (tertiary/aromatic N) is 1. The van der Waals surface area contributed by atoms with E-state index in [0.29, 0.717) is 18.7 Å². The molecular weight excluding hydrogens is 304 g/mol. The molecule has 2 rings (SSSR count). The molecule has 96 valence electrons. The van der Waals surface area contributed by atoms with Crippen molar-refractivity contribution < 1.29 is 4.74 Å². The molecule has 2 aromatic rings. The van der Waals surface area contributed by atoms with Gasteiger partial charge in [0.15, 0.2) is 0 Å². The van der Waals surface area contributed by atoms with Crippen molar-refractivity contribution in [2.45, 2.75) is 0 Å². The predicted molar refractivity (Wildman–Crippen MR) is 79.3 cm³/mol. The van der Waals surface area contributed by atoms with E-state index in [-0.39, 0.29) is 0 Å². The van der Waals surface area contributed by atoms with Crippen LogP contribution >= 0.6 is 15.9 Å². The fourth-order valence-electron chi connectivity index (χ4n) is 1.62. The molecule has 0 heterocycles. The molecule has 19 heavy (non-hydrogen) atoms. The third-order valence-electron chi connectivity index (χ3n) is 2.49. The van der Waals surface area contributed by atoms with Gasteiger partial charge in [0.1, 0.15) is 12.4 Å². The van der Waals surface area contributed by atoms with Gasteiger partial charge in [-0.25, -0.2) is 0 Å². The first-order chi connectivity index (χ1) is 9.28. The van der Waals surface area contributed by atoms with Gasteiger partial charge in [-0.2, -0.15) is 5.26 Å². The second-order valence-corrected chi connectivity index (χ2v) is 4.84. The van der Waals surface area contributed by atoms with Crippen molar-refractivity contribution in [2.75, 3.05) is 18.5 Å². The van der Waals surface area contributed by atoms with Crippen LogP contribution in [0.2, 0.25) is 0 Å². The molecule has 3 nitrogen and oxygen atoms in total. The summed E-state index contributed by atoms with van der Waals surface area (Å²) in [5.41, 5.74) is 1.58. The Balaban J connectivity index is 1.79. The maximum absolute atomic E-state index is 8.80. The smallest absolute Gasteiger partial charge is 0.120 e. The van der Waals surface area contributed by atoms with Crippen LogP contribution in [-0.2, 0) is 0 Å². The number of benzene rings is 2. The first-order valence-corrected chi connectivity index (χ1v) is 6.69. The van der Waals surface area contributed by atoms with E-state index in [9.17, 15) is 0 Å². The molecule has 0 atom stereocenters. The number of rotatable bonds is 5. The minimum atomic E-state index is 0.563. The Bertz CT molecular complexity index is 593. The molecule has 0 unspecified atom stereocenters. The zero-order chi connectivity index (χ0) is 13.5. The normalized spacial score (nSPS) is 9.68. The van der Waals surface area contributed by atoms with E-state index >= 15 is 0 Å². The molecule has 0 aliphatic heterocycles. The molecular formula is C15H13BrN2O. The van der Waals surface area contributed by atoms with E-state index in [1.54, 1.807) is 6.07 Å². The fourth-order valence-corrected chi connectivity index (χ4v) is 2.00. The monoisotopic (exact) mass is 316 g/mol. The lowest BCUT2D eigenvalue weighted by Crippen LogP contribution is -2.11. The summed E-state index contributed by atoms with van der Waals surface area (Å²) < 4.78 is 6.61. The van der Waals surface area contributed by atoms with Gasteiger partial charge >= 0.3 is 0 Å². The fraction of sp³-hybridized carbons (Fsp3) is 0.133. The number of halogens is 1. The van der Waals surface area contributed by atoms with Crippen LogP contribution in [0.4, 0.5) is 5.69 Å². The molecule has 0 aromatic heterocycles. The lowest BCUT2D eigenvalue weighted by Gasteiger charge is -2.09. The summed E-state index contributed by atoms with van der Waals surface area (Å²) in [6.07, 6.45) is 0. The molecule has 0 amide bonds. The average Bonchev–Trinajstić information content (AvgIpc) is 2.44. The van der Waals surface area contributed by atoms with Crippen LogP contribution in [0.15, 0.2) is 53.0 Å². The lowest BCUT2D eigenvalue weighted by atomic mass is 10.2. The van der Waals surface area contributed by atoms with E-state index in [2.05, 4.69) is 27.3 Å². The van der Waals surface area contributed by atoms with Crippen molar-refractivity contribution in [1.82, 2.24) is 0 Å². The third kappa shape index (κ3) is 4.31. The van der Waals surface area contributed by atoms with E-state index in [0.717, 1.165) is 15.9 Å². The van der Waals surface area contributed by atoms with Crippen LogP contribution in [-0.4, -0.2) is 13.2 Å². The number of hydrogen-bond acceptors (Lipinski definition) is 3. The Morgan fingerprint density at radius 3 is 2.79 bits per heavy atom. The maximum atomic E-state index is 8.80. The largest absolute Gasteiger partial charge is 0.492 e. The molecule has 2 aromatic carbocycles. The van der Waals surface area contributed by atoms with Gasteiger partial charge in [0, 0.05) is 16.7 Å². The quantitative estimate of drug-likeness (QED) is 0.853. The van der Waals surface area contributed by atoms with E-state index in [4.69, 9.17) is 10.00 Å². The number of nitriles is 1. The van der Waals surface area contributed by atoms with Gasteiger partial charge in [-0.3, -0.25) is 0 Å². The maximum Gasteiger partial charge on any atom is 0.120 e. The van der Waals surface area contributed by atoms with Gasteiger partial charge in [-0.05, 0) is 36.4 Å². The predicted octanol–water partition coefficient (Wildman–Crippen LogP) is 3.81. The van der Waals surface area contributed by atoms with Crippen LogP contribution in [0.25, 0.3) is 0 Å². The number of nitrogens with one attached hydrogen (secondary N) is 1. The zero-order valence-corrected chi connectivity index (χ0v) is 11.9. The number of anilines is 1.